The number of benzene rings is 2. The number of hydrogen-bond donors (Lipinski definition) is 2. The molecule has 1 aliphatic heterocycles. The minimum absolute atomic E-state index is 0.190. The van der Waals surface area contributed by atoms with Crippen molar-refractivity contribution < 1.29 is 5.11 Å². The van der Waals surface area contributed by atoms with Gasteiger partial charge < -0.3 is 10.4 Å². The molecular weight excluding hydrogens is 306 g/mol. The van der Waals surface area contributed by atoms with Gasteiger partial charge in [-0.15, -0.1) is 0 Å². The first-order valence-corrected chi connectivity index (χ1v) is 8.94. The fourth-order valence-corrected chi connectivity index (χ4v) is 4.19. The van der Waals surface area contributed by atoms with Gasteiger partial charge in [-0.25, -0.2) is 0 Å². The smallest absolute Gasteiger partial charge is 0.134 e. The number of rotatable bonds is 1. The molecule has 0 saturated carbocycles. The van der Waals surface area contributed by atoms with E-state index in [9.17, 15) is 5.11 Å². The highest BCUT2D eigenvalue weighted by atomic mass is 35.5. The lowest BCUT2D eigenvalue weighted by Crippen LogP contribution is -2.21. The number of nitrogens with one attached hydrogen (secondary N) is 1. The van der Waals surface area contributed by atoms with Gasteiger partial charge in [0, 0.05) is 12.5 Å². The van der Waals surface area contributed by atoms with Gasteiger partial charge in [-0.05, 0) is 78.6 Å². The van der Waals surface area contributed by atoms with E-state index in [1.54, 1.807) is 0 Å². The molecule has 0 aromatic heterocycles. The highest BCUT2D eigenvalue weighted by Gasteiger charge is 2.23. The average Bonchev–Trinajstić information content (AvgIpc) is 2.77. The summed E-state index contributed by atoms with van der Waals surface area (Å²) in [4.78, 5) is 0. The average molecular weight is 328 g/mol. The van der Waals surface area contributed by atoms with Crippen LogP contribution in [0.25, 0.3) is 0 Å². The number of phenolic OH excluding ortho intramolecular Hbond substituents is 1. The van der Waals surface area contributed by atoms with Crippen molar-refractivity contribution in [3.63, 3.8) is 0 Å². The summed E-state index contributed by atoms with van der Waals surface area (Å²) < 4.78 is 0. The zero-order chi connectivity index (χ0) is 15.8. The molecule has 0 spiro atoms. The van der Waals surface area contributed by atoms with Crippen LogP contribution in [-0.4, -0.2) is 18.2 Å². The zero-order valence-electron chi connectivity index (χ0n) is 13.2. The van der Waals surface area contributed by atoms with Crippen LogP contribution in [0.15, 0.2) is 30.3 Å². The zero-order valence-corrected chi connectivity index (χ0v) is 14.0. The van der Waals surface area contributed by atoms with Crippen LogP contribution in [0.1, 0.15) is 46.6 Å². The van der Waals surface area contributed by atoms with E-state index in [1.165, 1.54) is 53.5 Å². The minimum atomic E-state index is 0.190. The van der Waals surface area contributed by atoms with Gasteiger partial charge in [0.1, 0.15) is 5.75 Å². The molecule has 0 radical (unpaired) electrons. The molecule has 0 bridgehead atoms. The number of aryl methyl sites for hydroxylation is 2. The summed E-state index contributed by atoms with van der Waals surface area (Å²) in [5, 5.41) is 14.1. The Hall–Kier alpha value is -1.51. The molecule has 1 heterocycles. The van der Waals surface area contributed by atoms with Crippen molar-refractivity contribution in [2.45, 2.75) is 38.0 Å². The van der Waals surface area contributed by atoms with Crippen molar-refractivity contribution in [3.8, 4) is 5.75 Å². The molecule has 0 amide bonds. The predicted molar refractivity (Wildman–Crippen MR) is 94.6 cm³/mol. The van der Waals surface area contributed by atoms with E-state index in [0.29, 0.717) is 5.02 Å². The maximum atomic E-state index is 10.1. The van der Waals surface area contributed by atoms with E-state index in [-0.39, 0.29) is 11.7 Å². The summed E-state index contributed by atoms with van der Waals surface area (Å²) in [6.07, 6.45) is 5.98. The summed E-state index contributed by atoms with van der Waals surface area (Å²) in [5.41, 5.74) is 6.84. The maximum Gasteiger partial charge on any atom is 0.134 e. The van der Waals surface area contributed by atoms with Gasteiger partial charge in [-0.2, -0.15) is 0 Å². The summed E-state index contributed by atoms with van der Waals surface area (Å²) in [5.74, 6) is 0.471. The number of fused-ring (bicyclic) bond motifs is 2. The molecule has 2 N–H and O–H groups in total. The van der Waals surface area contributed by atoms with Gasteiger partial charge in [0.05, 0.1) is 5.02 Å². The van der Waals surface area contributed by atoms with Crippen LogP contribution >= 0.6 is 11.6 Å². The molecule has 120 valence electrons. The topological polar surface area (TPSA) is 32.3 Å². The second-order valence-corrected chi connectivity index (χ2v) is 7.15. The largest absolute Gasteiger partial charge is 0.506 e. The van der Waals surface area contributed by atoms with E-state index in [4.69, 9.17) is 11.6 Å². The number of hydrogen-bond acceptors (Lipinski definition) is 2. The summed E-state index contributed by atoms with van der Waals surface area (Å²) in [6.45, 7) is 1.86. The SMILES string of the molecule is Oc1cc2c(cc1Cl)CCNCC2c1ccc2c(c1)CCCC2. The molecule has 2 aromatic rings. The van der Waals surface area contributed by atoms with Crippen molar-refractivity contribution >= 4 is 11.6 Å². The highest BCUT2D eigenvalue weighted by Crippen LogP contribution is 2.36. The lowest BCUT2D eigenvalue weighted by Gasteiger charge is -2.22. The summed E-state index contributed by atoms with van der Waals surface area (Å²) in [7, 11) is 0. The molecule has 23 heavy (non-hydrogen) atoms. The fourth-order valence-electron chi connectivity index (χ4n) is 4.01. The molecule has 0 saturated heterocycles. The van der Waals surface area contributed by atoms with Crippen LogP contribution in [0.4, 0.5) is 0 Å². The van der Waals surface area contributed by atoms with Crippen LogP contribution in [0.3, 0.4) is 0 Å². The minimum Gasteiger partial charge on any atom is -0.506 e. The van der Waals surface area contributed by atoms with Crippen molar-refractivity contribution in [3.05, 3.63) is 63.2 Å². The van der Waals surface area contributed by atoms with Gasteiger partial charge >= 0.3 is 0 Å². The molecule has 1 unspecified atom stereocenters. The molecular formula is C20H22ClNO. The first-order valence-electron chi connectivity index (χ1n) is 8.56. The van der Waals surface area contributed by atoms with Gasteiger partial charge in [-0.1, -0.05) is 29.8 Å². The Morgan fingerprint density at radius 1 is 0.957 bits per heavy atom. The molecule has 4 rings (SSSR count). The first-order chi connectivity index (χ1) is 11.2. The number of halogens is 1. The van der Waals surface area contributed by atoms with Crippen LogP contribution in [0.5, 0.6) is 5.75 Å². The van der Waals surface area contributed by atoms with E-state index in [1.807, 2.05) is 12.1 Å². The third kappa shape index (κ3) is 2.86. The Kier molecular flexibility index (Phi) is 4.04. The van der Waals surface area contributed by atoms with Crippen LogP contribution < -0.4 is 5.32 Å². The third-order valence-corrected chi connectivity index (χ3v) is 5.58. The fraction of sp³-hybridized carbons (Fsp3) is 0.400. The quantitative estimate of drug-likeness (QED) is 0.822. The second-order valence-electron chi connectivity index (χ2n) is 6.74. The van der Waals surface area contributed by atoms with Crippen molar-refractivity contribution in [1.82, 2.24) is 5.32 Å². The molecule has 2 aliphatic rings. The molecule has 3 heteroatoms. The van der Waals surface area contributed by atoms with E-state index >= 15 is 0 Å². The Balaban J connectivity index is 1.78. The van der Waals surface area contributed by atoms with Gasteiger partial charge in [0.25, 0.3) is 0 Å². The normalized spacial score (nSPS) is 20.5. The Morgan fingerprint density at radius 2 is 1.78 bits per heavy atom. The van der Waals surface area contributed by atoms with Crippen LogP contribution in [0.2, 0.25) is 5.02 Å². The Bertz CT molecular complexity index is 741. The highest BCUT2D eigenvalue weighted by molar-refractivity contribution is 6.32. The molecule has 0 fully saturated rings. The van der Waals surface area contributed by atoms with E-state index < -0.39 is 0 Å². The van der Waals surface area contributed by atoms with Gasteiger partial charge in [0.15, 0.2) is 0 Å². The van der Waals surface area contributed by atoms with Crippen molar-refractivity contribution in [2.75, 3.05) is 13.1 Å². The Morgan fingerprint density at radius 3 is 2.65 bits per heavy atom. The van der Waals surface area contributed by atoms with Gasteiger partial charge in [0.2, 0.25) is 0 Å². The third-order valence-electron chi connectivity index (χ3n) is 5.28. The lowest BCUT2D eigenvalue weighted by molar-refractivity contribution is 0.474. The van der Waals surface area contributed by atoms with Crippen molar-refractivity contribution in [1.29, 1.82) is 0 Å². The van der Waals surface area contributed by atoms with Gasteiger partial charge in [-0.3, -0.25) is 0 Å². The monoisotopic (exact) mass is 327 g/mol. The van der Waals surface area contributed by atoms with E-state index in [2.05, 4.69) is 23.5 Å². The number of phenols is 1. The van der Waals surface area contributed by atoms with Crippen LogP contribution in [0, 0.1) is 0 Å². The van der Waals surface area contributed by atoms with Crippen LogP contribution in [-0.2, 0) is 19.3 Å². The number of aromatic hydroxyl groups is 1. The molecule has 2 aromatic carbocycles. The molecule has 2 nitrogen and oxygen atoms in total. The van der Waals surface area contributed by atoms with E-state index in [0.717, 1.165) is 19.5 Å². The molecule has 1 aliphatic carbocycles. The molecule has 1 atom stereocenters. The summed E-state index contributed by atoms with van der Waals surface area (Å²) >= 11 is 6.12. The standard InChI is InChI=1S/C20H22ClNO/c21-19-10-16-7-8-22-12-18(17(16)11-20(19)23)15-6-5-13-3-1-2-4-14(13)9-15/h5-6,9-11,18,22-23H,1-4,7-8,12H2. The van der Waals surface area contributed by atoms with Crippen molar-refractivity contribution in [2.24, 2.45) is 0 Å². The summed E-state index contributed by atoms with van der Waals surface area (Å²) in [6, 6.07) is 10.8. The first kappa shape index (κ1) is 15.0. The second kappa shape index (κ2) is 6.18. The Labute approximate surface area is 142 Å². The maximum absolute atomic E-state index is 10.1. The lowest BCUT2D eigenvalue weighted by atomic mass is 9.84. The predicted octanol–water partition coefficient (Wildman–Crippen LogP) is 4.20.